The Morgan fingerprint density at radius 2 is 2.05 bits per heavy atom. The summed E-state index contributed by atoms with van der Waals surface area (Å²) in [4.78, 5) is 13.2. The van der Waals surface area contributed by atoms with Gasteiger partial charge in [0.15, 0.2) is 0 Å². The first kappa shape index (κ1) is 13.4. The number of thiophene rings is 1. The van der Waals surface area contributed by atoms with Crippen LogP contribution in [0.2, 0.25) is 0 Å². The van der Waals surface area contributed by atoms with Crippen LogP contribution in [0.1, 0.15) is 47.8 Å². The highest BCUT2D eigenvalue weighted by Crippen LogP contribution is 2.35. The van der Waals surface area contributed by atoms with Crippen LogP contribution in [0, 0.1) is 6.92 Å². The summed E-state index contributed by atoms with van der Waals surface area (Å²) in [5, 5.41) is 4.18. The number of hydrogen-bond donors (Lipinski definition) is 2. The molecule has 0 spiro atoms. The maximum absolute atomic E-state index is 12.5. The largest absolute Gasteiger partial charge is 0.397 e. The number of nitrogen functional groups attached to an aromatic ring is 1. The molecule has 1 aromatic carbocycles. The van der Waals surface area contributed by atoms with Crippen LogP contribution in [0.15, 0.2) is 18.2 Å². The van der Waals surface area contributed by atoms with Crippen molar-refractivity contribution in [2.75, 3.05) is 5.73 Å². The van der Waals surface area contributed by atoms with Gasteiger partial charge in [-0.05, 0) is 38.8 Å². The zero-order chi connectivity index (χ0) is 14.3. The molecule has 1 amide bonds. The highest BCUT2D eigenvalue weighted by Gasteiger charge is 2.31. The average molecular weight is 288 g/mol. The Balaban J connectivity index is 1.93. The fourth-order valence-electron chi connectivity index (χ4n) is 3.01. The molecule has 1 saturated carbocycles. The number of carbonyl (C=O) groups is 1. The summed E-state index contributed by atoms with van der Waals surface area (Å²) in [6, 6.07) is 6.15. The quantitative estimate of drug-likeness (QED) is 0.881. The lowest BCUT2D eigenvalue weighted by Gasteiger charge is -2.24. The van der Waals surface area contributed by atoms with E-state index in [1.807, 2.05) is 13.0 Å². The predicted molar refractivity (Wildman–Crippen MR) is 85.3 cm³/mol. The van der Waals surface area contributed by atoms with Crippen LogP contribution in [-0.4, -0.2) is 11.4 Å². The van der Waals surface area contributed by atoms with Crippen LogP contribution in [-0.2, 0) is 0 Å². The topological polar surface area (TPSA) is 55.1 Å². The van der Waals surface area contributed by atoms with E-state index in [0.717, 1.165) is 28.5 Å². The molecule has 3 N–H and O–H groups in total. The Labute approximate surface area is 123 Å². The molecule has 106 valence electrons. The molecular weight excluding hydrogens is 268 g/mol. The fraction of sp³-hybridized carbons (Fsp3) is 0.438. The normalized spacial score (nSPS) is 17.5. The fourth-order valence-corrected chi connectivity index (χ4v) is 4.01. The van der Waals surface area contributed by atoms with Crippen LogP contribution in [0.4, 0.5) is 5.69 Å². The second-order valence-electron chi connectivity index (χ2n) is 6.07. The van der Waals surface area contributed by atoms with E-state index in [0.29, 0.717) is 10.6 Å². The highest BCUT2D eigenvalue weighted by molar-refractivity contribution is 7.21. The molecule has 3 rings (SSSR count). The van der Waals surface area contributed by atoms with Crippen LogP contribution >= 0.6 is 11.3 Å². The molecule has 1 aliphatic rings. The molecule has 0 aliphatic heterocycles. The van der Waals surface area contributed by atoms with Gasteiger partial charge in [0, 0.05) is 15.6 Å². The summed E-state index contributed by atoms with van der Waals surface area (Å²) in [5.74, 6) is -0.0225. The third kappa shape index (κ3) is 2.29. The molecular formula is C16H20N2OS. The maximum atomic E-state index is 12.5. The third-order valence-electron chi connectivity index (χ3n) is 4.21. The molecule has 1 heterocycles. The average Bonchev–Trinajstić information content (AvgIpc) is 2.95. The zero-order valence-electron chi connectivity index (χ0n) is 12.0. The first-order valence-electron chi connectivity index (χ1n) is 7.10. The number of amides is 1. The van der Waals surface area contributed by atoms with Gasteiger partial charge in [0.2, 0.25) is 0 Å². The van der Waals surface area contributed by atoms with Crippen LogP contribution in [0.3, 0.4) is 0 Å². The number of aryl methyl sites for hydroxylation is 1. The first-order valence-corrected chi connectivity index (χ1v) is 7.91. The molecule has 0 bridgehead atoms. The van der Waals surface area contributed by atoms with Crippen molar-refractivity contribution in [3.63, 3.8) is 0 Å². The van der Waals surface area contributed by atoms with E-state index in [2.05, 4.69) is 24.4 Å². The summed E-state index contributed by atoms with van der Waals surface area (Å²) in [6.45, 7) is 4.17. The van der Waals surface area contributed by atoms with Crippen LogP contribution < -0.4 is 11.1 Å². The number of nitrogens with one attached hydrogen (secondary N) is 1. The predicted octanol–water partition coefficient (Wildman–Crippen LogP) is 3.85. The molecule has 20 heavy (non-hydrogen) atoms. The summed E-state index contributed by atoms with van der Waals surface area (Å²) >= 11 is 1.49. The minimum absolute atomic E-state index is 0.0225. The van der Waals surface area contributed by atoms with Gasteiger partial charge >= 0.3 is 0 Å². The maximum Gasteiger partial charge on any atom is 0.263 e. The van der Waals surface area contributed by atoms with Crippen molar-refractivity contribution in [3.05, 3.63) is 28.6 Å². The van der Waals surface area contributed by atoms with Gasteiger partial charge in [-0.15, -0.1) is 11.3 Å². The lowest BCUT2D eigenvalue weighted by atomic mass is 10.0. The van der Waals surface area contributed by atoms with Gasteiger partial charge < -0.3 is 11.1 Å². The van der Waals surface area contributed by atoms with Gasteiger partial charge in [0.25, 0.3) is 5.91 Å². The molecule has 1 aliphatic carbocycles. The minimum Gasteiger partial charge on any atom is -0.397 e. The molecule has 4 heteroatoms. The van der Waals surface area contributed by atoms with Gasteiger partial charge in [-0.25, -0.2) is 0 Å². The van der Waals surface area contributed by atoms with Gasteiger partial charge in [0.1, 0.15) is 4.88 Å². The molecule has 0 unspecified atom stereocenters. The number of anilines is 1. The Kier molecular flexibility index (Phi) is 3.21. The van der Waals surface area contributed by atoms with E-state index < -0.39 is 0 Å². The van der Waals surface area contributed by atoms with E-state index in [9.17, 15) is 4.79 Å². The third-order valence-corrected chi connectivity index (χ3v) is 5.40. The molecule has 0 radical (unpaired) electrons. The standard InChI is InChI=1S/C16H20N2OS/c1-10-5-6-12-11(9-10)13(17)14(20-12)15(19)18-16(2)7-3-4-8-16/h5-6,9H,3-4,7-8,17H2,1-2H3,(H,18,19). The summed E-state index contributed by atoms with van der Waals surface area (Å²) < 4.78 is 1.08. The van der Waals surface area contributed by atoms with E-state index in [1.165, 1.54) is 24.2 Å². The van der Waals surface area contributed by atoms with E-state index in [1.54, 1.807) is 0 Å². The lowest BCUT2D eigenvalue weighted by molar-refractivity contribution is 0.0913. The van der Waals surface area contributed by atoms with Crippen molar-refractivity contribution < 1.29 is 4.79 Å². The van der Waals surface area contributed by atoms with Gasteiger partial charge in [-0.1, -0.05) is 24.5 Å². The van der Waals surface area contributed by atoms with Crippen molar-refractivity contribution >= 4 is 33.0 Å². The van der Waals surface area contributed by atoms with Gasteiger partial charge in [0.05, 0.1) is 5.69 Å². The molecule has 0 saturated heterocycles. The number of rotatable bonds is 2. The smallest absolute Gasteiger partial charge is 0.263 e. The van der Waals surface area contributed by atoms with Gasteiger partial charge in [-0.3, -0.25) is 4.79 Å². The molecule has 3 nitrogen and oxygen atoms in total. The SMILES string of the molecule is Cc1ccc2sc(C(=O)NC3(C)CCCC3)c(N)c2c1. The second-order valence-corrected chi connectivity index (χ2v) is 7.12. The Hall–Kier alpha value is -1.55. The van der Waals surface area contributed by atoms with E-state index >= 15 is 0 Å². The highest BCUT2D eigenvalue weighted by atomic mass is 32.1. The zero-order valence-corrected chi connectivity index (χ0v) is 12.8. The Bertz CT molecular complexity index is 668. The lowest BCUT2D eigenvalue weighted by Crippen LogP contribution is -2.43. The number of nitrogens with two attached hydrogens (primary N) is 1. The summed E-state index contributed by atoms with van der Waals surface area (Å²) in [5.41, 5.74) is 7.90. The minimum atomic E-state index is -0.0599. The molecule has 1 fully saturated rings. The second kappa shape index (κ2) is 4.77. The Morgan fingerprint density at radius 3 is 2.75 bits per heavy atom. The van der Waals surface area contributed by atoms with Crippen molar-refractivity contribution in [3.8, 4) is 0 Å². The molecule has 1 aromatic heterocycles. The van der Waals surface area contributed by atoms with Crippen molar-refractivity contribution in [2.24, 2.45) is 0 Å². The number of hydrogen-bond acceptors (Lipinski definition) is 3. The van der Waals surface area contributed by atoms with Crippen molar-refractivity contribution in [1.29, 1.82) is 0 Å². The molecule has 0 atom stereocenters. The van der Waals surface area contributed by atoms with Gasteiger partial charge in [-0.2, -0.15) is 0 Å². The first-order chi connectivity index (χ1) is 9.48. The van der Waals surface area contributed by atoms with E-state index in [-0.39, 0.29) is 11.4 Å². The summed E-state index contributed by atoms with van der Waals surface area (Å²) in [6.07, 6.45) is 4.50. The van der Waals surface area contributed by atoms with E-state index in [4.69, 9.17) is 5.73 Å². The van der Waals surface area contributed by atoms with Crippen LogP contribution in [0.5, 0.6) is 0 Å². The molecule has 2 aromatic rings. The Morgan fingerprint density at radius 1 is 1.35 bits per heavy atom. The number of fused-ring (bicyclic) bond motifs is 1. The monoisotopic (exact) mass is 288 g/mol. The summed E-state index contributed by atoms with van der Waals surface area (Å²) in [7, 11) is 0. The number of benzene rings is 1. The number of carbonyl (C=O) groups excluding carboxylic acids is 1. The van der Waals surface area contributed by atoms with Crippen molar-refractivity contribution in [2.45, 2.75) is 45.1 Å². The van der Waals surface area contributed by atoms with Crippen molar-refractivity contribution in [1.82, 2.24) is 5.32 Å². The van der Waals surface area contributed by atoms with Crippen LogP contribution in [0.25, 0.3) is 10.1 Å².